The van der Waals surface area contributed by atoms with Crippen LogP contribution in [-0.4, -0.2) is 41.5 Å². The van der Waals surface area contributed by atoms with E-state index in [0.717, 1.165) is 28.9 Å². The fourth-order valence-corrected chi connectivity index (χ4v) is 5.10. The zero-order chi connectivity index (χ0) is 21.4. The average Bonchev–Trinajstić information content (AvgIpc) is 3.45. The molecular formula is C24H23N3O3S. The number of hydrogen-bond donors (Lipinski definition) is 1. The van der Waals surface area contributed by atoms with Crippen LogP contribution >= 0.6 is 11.3 Å². The smallest absolute Gasteiger partial charge is 0.229 e. The monoisotopic (exact) mass is 433 g/mol. The van der Waals surface area contributed by atoms with Crippen LogP contribution in [0.1, 0.15) is 28.6 Å². The highest BCUT2D eigenvalue weighted by Crippen LogP contribution is 2.44. The van der Waals surface area contributed by atoms with Crippen molar-refractivity contribution in [3.63, 3.8) is 0 Å². The van der Waals surface area contributed by atoms with Crippen LogP contribution in [0.4, 0.5) is 0 Å². The van der Waals surface area contributed by atoms with E-state index in [2.05, 4.69) is 28.2 Å². The van der Waals surface area contributed by atoms with Crippen molar-refractivity contribution in [2.75, 3.05) is 20.8 Å². The number of fused-ring (bicyclic) bond motifs is 3. The molecule has 0 saturated heterocycles. The second-order valence-corrected chi connectivity index (χ2v) is 8.26. The van der Waals surface area contributed by atoms with Crippen molar-refractivity contribution in [3.05, 3.63) is 75.9 Å². The third kappa shape index (κ3) is 3.35. The maximum absolute atomic E-state index is 13.4. The summed E-state index contributed by atoms with van der Waals surface area (Å²) in [6, 6.07) is 13.8. The molecule has 158 valence electrons. The molecule has 1 amide bonds. The van der Waals surface area contributed by atoms with E-state index in [1.165, 1.54) is 22.3 Å². The molecule has 0 radical (unpaired) electrons. The normalized spacial score (nSPS) is 15.7. The predicted octanol–water partition coefficient (Wildman–Crippen LogP) is 4.36. The minimum absolute atomic E-state index is 0.0464. The first kappa shape index (κ1) is 19.6. The molecule has 0 fully saturated rings. The Balaban J connectivity index is 1.67. The number of aromatic nitrogens is 2. The number of para-hydroxylation sites is 2. The number of methoxy groups -OCH3 is 2. The van der Waals surface area contributed by atoms with Crippen LogP contribution in [-0.2, 0) is 17.6 Å². The molecule has 1 unspecified atom stereocenters. The summed E-state index contributed by atoms with van der Waals surface area (Å²) in [5.41, 5.74) is 6.83. The number of rotatable bonds is 5. The summed E-state index contributed by atoms with van der Waals surface area (Å²) in [6.07, 6.45) is 1.08. The highest BCUT2D eigenvalue weighted by molar-refractivity contribution is 7.07. The van der Waals surface area contributed by atoms with Gasteiger partial charge in [-0.05, 0) is 24.1 Å². The van der Waals surface area contributed by atoms with Gasteiger partial charge < -0.3 is 19.4 Å². The molecule has 0 bridgehead atoms. The molecule has 1 atom stereocenters. The second kappa shape index (κ2) is 8.07. The number of ether oxygens (including phenoxy) is 2. The van der Waals surface area contributed by atoms with Crippen LogP contribution in [0, 0.1) is 0 Å². The molecule has 1 N–H and O–H groups in total. The van der Waals surface area contributed by atoms with Gasteiger partial charge >= 0.3 is 0 Å². The molecule has 1 aliphatic heterocycles. The van der Waals surface area contributed by atoms with Crippen molar-refractivity contribution >= 4 is 28.1 Å². The van der Waals surface area contributed by atoms with Gasteiger partial charge in [-0.25, -0.2) is 4.98 Å². The van der Waals surface area contributed by atoms with Crippen LogP contribution in [0.3, 0.4) is 0 Å². The maximum Gasteiger partial charge on any atom is 0.229 e. The van der Waals surface area contributed by atoms with E-state index in [9.17, 15) is 4.79 Å². The maximum atomic E-state index is 13.4. The van der Waals surface area contributed by atoms with Crippen LogP contribution in [0.2, 0.25) is 0 Å². The Morgan fingerprint density at radius 3 is 2.84 bits per heavy atom. The summed E-state index contributed by atoms with van der Waals surface area (Å²) in [5.74, 6) is 1.34. The van der Waals surface area contributed by atoms with E-state index in [0.29, 0.717) is 18.0 Å². The molecule has 3 heterocycles. The average molecular weight is 434 g/mol. The Bertz CT molecular complexity index is 1230. The van der Waals surface area contributed by atoms with E-state index in [1.54, 1.807) is 19.7 Å². The molecule has 0 spiro atoms. The minimum atomic E-state index is -0.299. The molecule has 1 aliphatic rings. The number of nitrogens with one attached hydrogen (secondary N) is 1. The summed E-state index contributed by atoms with van der Waals surface area (Å²) in [6.45, 7) is 0.628. The highest BCUT2D eigenvalue weighted by atomic mass is 32.1. The van der Waals surface area contributed by atoms with Crippen molar-refractivity contribution in [1.29, 1.82) is 0 Å². The van der Waals surface area contributed by atoms with Crippen molar-refractivity contribution in [2.24, 2.45) is 0 Å². The third-order valence-corrected chi connectivity index (χ3v) is 6.53. The van der Waals surface area contributed by atoms with Gasteiger partial charge in [-0.15, -0.1) is 11.3 Å². The van der Waals surface area contributed by atoms with E-state index in [4.69, 9.17) is 9.47 Å². The van der Waals surface area contributed by atoms with Gasteiger partial charge in [0.15, 0.2) is 11.5 Å². The second-order valence-electron chi connectivity index (χ2n) is 7.54. The number of carbonyl (C=O) groups is 1. The Kier molecular flexibility index (Phi) is 5.11. The first-order valence-electron chi connectivity index (χ1n) is 10.2. The van der Waals surface area contributed by atoms with Gasteiger partial charge in [0.25, 0.3) is 0 Å². The number of hydrogen-bond acceptors (Lipinski definition) is 5. The largest absolute Gasteiger partial charge is 0.493 e. The minimum Gasteiger partial charge on any atom is -0.493 e. The molecule has 0 saturated carbocycles. The molecular weight excluding hydrogens is 410 g/mol. The van der Waals surface area contributed by atoms with Crippen LogP contribution in [0.25, 0.3) is 10.9 Å². The summed E-state index contributed by atoms with van der Waals surface area (Å²) in [5, 5.41) is 3.13. The summed E-state index contributed by atoms with van der Waals surface area (Å²) in [7, 11) is 3.26. The Morgan fingerprint density at radius 2 is 2.06 bits per heavy atom. The molecule has 4 aromatic rings. The molecule has 31 heavy (non-hydrogen) atoms. The van der Waals surface area contributed by atoms with Crippen molar-refractivity contribution in [3.8, 4) is 11.5 Å². The van der Waals surface area contributed by atoms with Crippen molar-refractivity contribution in [2.45, 2.75) is 18.9 Å². The lowest BCUT2D eigenvalue weighted by Gasteiger charge is -2.37. The number of thiazole rings is 1. The lowest BCUT2D eigenvalue weighted by atomic mass is 9.91. The molecule has 6 nitrogen and oxygen atoms in total. The standard InChI is InChI=1S/C24H23N3O3S/c1-29-20-9-5-7-18(24(20)30-2)23-22-17(16-6-3-4-8-19(16)26-22)10-11-27(23)21(28)12-15-13-31-14-25-15/h3-9,13-14,23,26H,10-12H2,1-2H3. The van der Waals surface area contributed by atoms with Gasteiger partial charge in [-0.1, -0.05) is 30.3 Å². The number of benzene rings is 2. The Labute approximate surface area is 184 Å². The molecule has 2 aromatic heterocycles. The summed E-state index contributed by atoms with van der Waals surface area (Å²) >= 11 is 1.50. The number of H-pyrrole nitrogens is 1. The fourth-order valence-electron chi connectivity index (χ4n) is 4.54. The van der Waals surface area contributed by atoms with Gasteiger partial charge in [-0.3, -0.25) is 4.79 Å². The van der Waals surface area contributed by atoms with Gasteiger partial charge in [0.05, 0.1) is 31.8 Å². The number of carbonyl (C=O) groups excluding carboxylic acids is 1. The van der Waals surface area contributed by atoms with Gasteiger partial charge in [0, 0.05) is 34.1 Å². The fraction of sp³-hybridized carbons (Fsp3) is 0.250. The SMILES string of the molecule is COc1cccc(C2c3[nH]c4ccccc4c3CCN2C(=O)Cc2cscn2)c1OC. The lowest BCUT2D eigenvalue weighted by molar-refractivity contribution is -0.132. The highest BCUT2D eigenvalue weighted by Gasteiger charge is 2.36. The van der Waals surface area contributed by atoms with Crippen LogP contribution in [0.15, 0.2) is 53.4 Å². The van der Waals surface area contributed by atoms with Gasteiger partial charge in [0.2, 0.25) is 5.91 Å². The van der Waals surface area contributed by atoms with E-state index in [-0.39, 0.29) is 18.4 Å². The zero-order valence-corrected chi connectivity index (χ0v) is 18.2. The Hall–Kier alpha value is -3.32. The molecule has 5 rings (SSSR count). The molecule has 7 heteroatoms. The molecule has 2 aromatic carbocycles. The van der Waals surface area contributed by atoms with Crippen molar-refractivity contribution < 1.29 is 14.3 Å². The van der Waals surface area contributed by atoms with Gasteiger partial charge in [-0.2, -0.15) is 0 Å². The summed E-state index contributed by atoms with van der Waals surface area (Å²) < 4.78 is 11.3. The lowest BCUT2D eigenvalue weighted by Crippen LogP contribution is -2.41. The summed E-state index contributed by atoms with van der Waals surface area (Å²) in [4.78, 5) is 23.3. The van der Waals surface area contributed by atoms with E-state index >= 15 is 0 Å². The zero-order valence-electron chi connectivity index (χ0n) is 17.4. The molecule has 0 aliphatic carbocycles. The number of amides is 1. The number of aromatic amines is 1. The quantitative estimate of drug-likeness (QED) is 0.508. The van der Waals surface area contributed by atoms with E-state index in [1.807, 2.05) is 34.5 Å². The van der Waals surface area contributed by atoms with E-state index < -0.39 is 0 Å². The predicted molar refractivity (Wildman–Crippen MR) is 121 cm³/mol. The number of nitrogens with zero attached hydrogens (tertiary/aromatic N) is 2. The Morgan fingerprint density at radius 1 is 1.19 bits per heavy atom. The first-order valence-corrected chi connectivity index (χ1v) is 11.1. The first-order chi connectivity index (χ1) is 15.2. The van der Waals surface area contributed by atoms with Crippen molar-refractivity contribution in [1.82, 2.24) is 14.9 Å². The van der Waals surface area contributed by atoms with Crippen LogP contribution < -0.4 is 9.47 Å². The van der Waals surface area contributed by atoms with Crippen LogP contribution in [0.5, 0.6) is 11.5 Å². The third-order valence-electron chi connectivity index (χ3n) is 5.90. The van der Waals surface area contributed by atoms with Gasteiger partial charge in [0.1, 0.15) is 6.04 Å². The topological polar surface area (TPSA) is 67.5 Å².